The Kier molecular flexibility index (Phi) is 3.05. The van der Waals surface area contributed by atoms with Crippen molar-refractivity contribution in [2.45, 2.75) is 52.0 Å². The van der Waals surface area contributed by atoms with Gasteiger partial charge in [-0.05, 0) is 42.2 Å². The molecular formula is C16H22ClNO. The molecule has 0 aromatic carbocycles. The topological polar surface area (TPSA) is 22.1 Å². The van der Waals surface area contributed by atoms with Crippen molar-refractivity contribution in [1.29, 1.82) is 0 Å². The third kappa shape index (κ3) is 1.87. The summed E-state index contributed by atoms with van der Waals surface area (Å²) in [6.45, 7) is 7.18. The maximum Gasteiger partial charge on any atom is 0.213 e. The van der Waals surface area contributed by atoms with E-state index in [-0.39, 0.29) is 5.41 Å². The minimum absolute atomic E-state index is 0.274. The lowest BCUT2D eigenvalue weighted by Crippen LogP contribution is -2.39. The van der Waals surface area contributed by atoms with Crippen molar-refractivity contribution in [1.82, 2.24) is 4.98 Å². The molecule has 1 aromatic heterocycles. The molecule has 3 unspecified atom stereocenters. The van der Waals surface area contributed by atoms with Crippen LogP contribution < -0.4 is 4.74 Å². The summed E-state index contributed by atoms with van der Waals surface area (Å²) >= 11 is 5.87. The first kappa shape index (κ1) is 13.2. The Bertz CT molecular complexity index is 487. The number of aromatic nitrogens is 1. The van der Waals surface area contributed by atoms with Gasteiger partial charge in [-0.2, -0.15) is 0 Å². The fourth-order valence-corrected chi connectivity index (χ4v) is 4.22. The minimum Gasteiger partial charge on any atom is -0.474 e. The van der Waals surface area contributed by atoms with Gasteiger partial charge in [0.15, 0.2) is 0 Å². The number of pyridine rings is 1. The number of rotatable bonds is 3. The molecule has 0 radical (unpaired) electrons. The van der Waals surface area contributed by atoms with E-state index in [0.717, 1.165) is 23.8 Å². The number of hydrogen-bond donors (Lipinski definition) is 0. The largest absolute Gasteiger partial charge is 0.474 e. The van der Waals surface area contributed by atoms with E-state index in [4.69, 9.17) is 16.3 Å². The highest BCUT2D eigenvalue weighted by atomic mass is 35.5. The second kappa shape index (κ2) is 4.37. The van der Waals surface area contributed by atoms with Gasteiger partial charge in [0.1, 0.15) is 6.10 Å². The lowest BCUT2D eigenvalue weighted by atomic mass is 9.70. The smallest absolute Gasteiger partial charge is 0.213 e. The molecule has 2 aliphatic carbocycles. The van der Waals surface area contributed by atoms with Crippen LogP contribution >= 0.6 is 11.6 Å². The lowest BCUT2D eigenvalue weighted by molar-refractivity contribution is 0.0273. The van der Waals surface area contributed by atoms with Crippen LogP contribution in [0.15, 0.2) is 18.3 Å². The molecule has 2 nitrogen and oxygen atoms in total. The maximum atomic E-state index is 6.22. The summed E-state index contributed by atoms with van der Waals surface area (Å²) in [5, 5.41) is 0. The van der Waals surface area contributed by atoms with Gasteiger partial charge in [-0.15, -0.1) is 11.6 Å². The molecule has 0 spiro atoms. The van der Waals surface area contributed by atoms with E-state index in [1.807, 2.05) is 12.1 Å². The average Bonchev–Trinajstić information content (AvgIpc) is 2.72. The Morgan fingerprint density at radius 3 is 2.79 bits per heavy atom. The van der Waals surface area contributed by atoms with E-state index in [2.05, 4.69) is 25.8 Å². The number of hydrogen-bond acceptors (Lipinski definition) is 2. The van der Waals surface area contributed by atoms with Crippen molar-refractivity contribution in [2.75, 3.05) is 0 Å². The van der Waals surface area contributed by atoms with Gasteiger partial charge in [0, 0.05) is 23.6 Å². The zero-order valence-corrected chi connectivity index (χ0v) is 12.7. The Morgan fingerprint density at radius 2 is 2.21 bits per heavy atom. The van der Waals surface area contributed by atoms with Crippen molar-refractivity contribution in [3.8, 4) is 5.88 Å². The first-order valence-electron chi connectivity index (χ1n) is 7.15. The molecule has 3 rings (SSSR count). The quantitative estimate of drug-likeness (QED) is 0.765. The summed E-state index contributed by atoms with van der Waals surface area (Å²) < 4.78 is 6.22. The molecule has 2 saturated carbocycles. The van der Waals surface area contributed by atoms with Crippen molar-refractivity contribution in [3.63, 3.8) is 0 Å². The Balaban J connectivity index is 1.82. The Labute approximate surface area is 120 Å². The second-order valence-corrected chi connectivity index (χ2v) is 7.12. The molecular weight excluding hydrogens is 258 g/mol. The van der Waals surface area contributed by atoms with Crippen LogP contribution in [0.1, 0.15) is 45.6 Å². The molecule has 2 bridgehead atoms. The number of fused-ring (bicyclic) bond motifs is 2. The Hall–Kier alpha value is -0.760. The monoisotopic (exact) mass is 279 g/mol. The summed E-state index contributed by atoms with van der Waals surface area (Å²) in [6.07, 6.45) is 5.85. The van der Waals surface area contributed by atoms with E-state index < -0.39 is 0 Å². The van der Waals surface area contributed by atoms with Gasteiger partial charge in [0.25, 0.3) is 0 Å². The van der Waals surface area contributed by atoms with Crippen molar-refractivity contribution in [2.24, 2.45) is 16.7 Å². The van der Waals surface area contributed by atoms with Gasteiger partial charge in [-0.25, -0.2) is 4.98 Å². The SMILES string of the molecule is CC1(C)C2CCC1(C)C(Oc1cc(CCl)ccn1)C2. The molecule has 2 fully saturated rings. The third-order valence-corrected chi connectivity index (χ3v) is 6.24. The van der Waals surface area contributed by atoms with Crippen LogP contribution in [0, 0.1) is 16.7 Å². The highest BCUT2D eigenvalue weighted by molar-refractivity contribution is 6.17. The van der Waals surface area contributed by atoms with Crippen LogP contribution in [0.4, 0.5) is 0 Å². The molecule has 0 saturated heterocycles. The standard InChI is InChI=1S/C16H22ClNO/c1-15(2)12-4-6-16(15,3)13(9-12)19-14-8-11(10-17)5-7-18-14/h5,7-8,12-13H,4,6,9-10H2,1-3H3. The third-order valence-electron chi connectivity index (χ3n) is 5.93. The Morgan fingerprint density at radius 1 is 1.42 bits per heavy atom. The predicted molar refractivity (Wildman–Crippen MR) is 77.4 cm³/mol. The number of alkyl halides is 1. The van der Waals surface area contributed by atoms with Crippen molar-refractivity contribution < 1.29 is 4.74 Å². The van der Waals surface area contributed by atoms with Crippen LogP contribution in [-0.2, 0) is 5.88 Å². The molecule has 2 aliphatic rings. The van der Waals surface area contributed by atoms with Gasteiger partial charge in [-0.1, -0.05) is 20.8 Å². The minimum atomic E-state index is 0.274. The summed E-state index contributed by atoms with van der Waals surface area (Å²) in [6, 6.07) is 3.90. The first-order valence-corrected chi connectivity index (χ1v) is 7.68. The number of halogens is 1. The number of nitrogens with zero attached hydrogens (tertiary/aromatic N) is 1. The van der Waals surface area contributed by atoms with Crippen LogP contribution in [0.2, 0.25) is 0 Å². The van der Waals surface area contributed by atoms with E-state index in [1.165, 1.54) is 12.8 Å². The van der Waals surface area contributed by atoms with E-state index in [1.54, 1.807) is 6.20 Å². The molecule has 1 heterocycles. The molecule has 3 atom stereocenters. The summed E-state index contributed by atoms with van der Waals surface area (Å²) in [5.41, 5.74) is 1.72. The highest BCUT2D eigenvalue weighted by Gasteiger charge is 2.62. The van der Waals surface area contributed by atoms with E-state index in [9.17, 15) is 0 Å². The van der Waals surface area contributed by atoms with Gasteiger partial charge in [0.2, 0.25) is 5.88 Å². The van der Waals surface area contributed by atoms with Gasteiger partial charge in [0.05, 0.1) is 0 Å². The number of ether oxygens (including phenoxy) is 1. The fraction of sp³-hybridized carbons (Fsp3) is 0.688. The average molecular weight is 280 g/mol. The maximum absolute atomic E-state index is 6.22. The van der Waals surface area contributed by atoms with Gasteiger partial charge in [-0.3, -0.25) is 0 Å². The van der Waals surface area contributed by atoms with Crippen LogP contribution in [0.3, 0.4) is 0 Å². The molecule has 1 aromatic rings. The van der Waals surface area contributed by atoms with E-state index in [0.29, 0.717) is 17.4 Å². The molecule has 19 heavy (non-hydrogen) atoms. The summed E-state index contributed by atoms with van der Waals surface area (Å²) in [4.78, 5) is 4.33. The van der Waals surface area contributed by atoms with Gasteiger partial charge < -0.3 is 4.74 Å². The highest BCUT2D eigenvalue weighted by Crippen LogP contribution is 2.66. The predicted octanol–water partition coefficient (Wildman–Crippen LogP) is 4.41. The molecule has 0 amide bonds. The molecule has 104 valence electrons. The molecule has 0 N–H and O–H groups in total. The summed E-state index contributed by atoms with van der Waals surface area (Å²) in [5.74, 6) is 2.03. The van der Waals surface area contributed by atoms with Crippen LogP contribution in [-0.4, -0.2) is 11.1 Å². The normalized spacial score (nSPS) is 35.6. The molecule has 0 aliphatic heterocycles. The van der Waals surface area contributed by atoms with Crippen LogP contribution in [0.25, 0.3) is 0 Å². The van der Waals surface area contributed by atoms with Gasteiger partial charge >= 0.3 is 0 Å². The second-order valence-electron chi connectivity index (χ2n) is 6.85. The zero-order chi connectivity index (χ0) is 13.7. The van der Waals surface area contributed by atoms with E-state index >= 15 is 0 Å². The lowest BCUT2D eigenvalue weighted by Gasteiger charge is -2.38. The first-order chi connectivity index (χ1) is 8.97. The van der Waals surface area contributed by atoms with Crippen LogP contribution in [0.5, 0.6) is 5.88 Å². The van der Waals surface area contributed by atoms with Crippen molar-refractivity contribution in [3.05, 3.63) is 23.9 Å². The summed E-state index contributed by atoms with van der Waals surface area (Å²) in [7, 11) is 0. The van der Waals surface area contributed by atoms with Crippen molar-refractivity contribution >= 4 is 11.6 Å². The molecule has 3 heteroatoms. The fourth-order valence-electron chi connectivity index (χ4n) is 4.05. The zero-order valence-electron chi connectivity index (χ0n) is 11.9.